The molecule has 1 aliphatic rings. The maximum absolute atomic E-state index is 14.4. The third kappa shape index (κ3) is 4.98. The first-order chi connectivity index (χ1) is 13.6. The zero-order valence-electron chi connectivity index (χ0n) is 15.8. The number of methoxy groups -OCH3 is 1. The van der Waals surface area contributed by atoms with Gasteiger partial charge < -0.3 is 20.1 Å². The summed E-state index contributed by atoms with van der Waals surface area (Å²) in [6.45, 7) is 1.12. The van der Waals surface area contributed by atoms with Crippen molar-refractivity contribution in [2.75, 3.05) is 20.3 Å². The smallest absolute Gasteiger partial charge is 0.237 e. The summed E-state index contributed by atoms with van der Waals surface area (Å²) in [6.07, 6.45) is 2.09. The number of rotatable bonds is 8. The highest BCUT2D eigenvalue weighted by molar-refractivity contribution is 5.82. The molecule has 1 atom stereocenters. The van der Waals surface area contributed by atoms with Gasteiger partial charge in [0.25, 0.3) is 0 Å². The van der Waals surface area contributed by atoms with Gasteiger partial charge in [0.15, 0.2) is 11.6 Å². The van der Waals surface area contributed by atoms with Crippen LogP contribution in [0.3, 0.4) is 0 Å². The van der Waals surface area contributed by atoms with E-state index in [0.29, 0.717) is 23.3 Å². The summed E-state index contributed by atoms with van der Waals surface area (Å²) < 4.78 is 38.8. The average molecular weight is 390 g/mol. The lowest BCUT2D eigenvalue weighted by Gasteiger charge is -2.15. The highest BCUT2D eigenvalue weighted by Gasteiger charge is 2.22. The van der Waals surface area contributed by atoms with Crippen molar-refractivity contribution in [3.8, 4) is 11.5 Å². The summed E-state index contributed by atoms with van der Waals surface area (Å²) in [4.78, 5) is 12.1. The molecule has 28 heavy (non-hydrogen) atoms. The number of amides is 1. The molecule has 5 nitrogen and oxygen atoms in total. The minimum Gasteiger partial charge on any atom is -0.496 e. The van der Waals surface area contributed by atoms with E-state index in [1.165, 1.54) is 25.3 Å². The predicted molar refractivity (Wildman–Crippen MR) is 101 cm³/mol. The molecule has 0 aliphatic carbocycles. The number of ether oxygens (including phenoxy) is 2. The molecule has 1 amide bonds. The zero-order chi connectivity index (χ0) is 19.9. The van der Waals surface area contributed by atoms with E-state index >= 15 is 0 Å². The molecule has 2 aromatic rings. The first kappa shape index (κ1) is 20.1. The quantitative estimate of drug-likeness (QED) is 0.728. The monoisotopic (exact) mass is 390 g/mol. The fraction of sp³-hybridized carbons (Fsp3) is 0.381. The predicted octanol–water partition coefficient (Wildman–Crippen LogP) is 2.96. The summed E-state index contributed by atoms with van der Waals surface area (Å²) >= 11 is 0. The molecule has 2 N–H and O–H groups in total. The van der Waals surface area contributed by atoms with Crippen LogP contribution in [0.1, 0.15) is 24.0 Å². The number of carbonyl (C=O) groups excluding carboxylic acids is 1. The van der Waals surface area contributed by atoms with Gasteiger partial charge in [-0.25, -0.2) is 8.78 Å². The molecule has 7 heteroatoms. The van der Waals surface area contributed by atoms with Crippen LogP contribution in [0.5, 0.6) is 11.5 Å². The van der Waals surface area contributed by atoms with Gasteiger partial charge in [-0.3, -0.25) is 4.79 Å². The molecule has 0 unspecified atom stereocenters. The standard InChI is InChI=1S/C21H24F2N2O3/c1-27-19-12-20(28-10-8-14-5-2-3-6-16(14)22)17(23)11-15(19)13-25-21(26)18-7-4-9-24-18/h2-3,5-6,11-12,18,24H,4,7-10,13H2,1H3,(H,25,26)/t18-/m0/s1. The molecule has 3 rings (SSSR count). The van der Waals surface area contributed by atoms with Gasteiger partial charge in [-0.05, 0) is 37.1 Å². The molecule has 1 fully saturated rings. The summed E-state index contributed by atoms with van der Waals surface area (Å²) in [5, 5.41) is 5.92. The van der Waals surface area contributed by atoms with Crippen LogP contribution in [0.25, 0.3) is 0 Å². The van der Waals surface area contributed by atoms with E-state index in [1.807, 2.05) is 0 Å². The van der Waals surface area contributed by atoms with Gasteiger partial charge in [0.1, 0.15) is 11.6 Å². The molecule has 1 aliphatic heterocycles. The number of halogens is 2. The highest BCUT2D eigenvalue weighted by atomic mass is 19.1. The number of nitrogens with one attached hydrogen (secondary N) is 2. The molecule has 0 aromatic heterocycles. The fourth-order valence-electron chi connectivity index (χ4n) is 3.20. The normalized spacial score (nSPS) is 16.0. The van der Waals surface area contributed by atoms with Crippen LogP contribution in [-0.2, 0) is 17.8 Å². The topological polar surface area (TPSA) is 59.6 Å². The molecule has 0 spiro atoms. The summed E-state index contributed by atoms with van der Waals surface area (Å²) in [5.41, 5.74) is 1.03. The Bertz CT molecular complexity index is 823. The van der Waals surface area contributed by atoms with Gasteiger partial charge in [-0.2, -0.15) is 0 Å². The summed E-state index contributed by atoms with van der Waals surface area (Å²) in [5.74, 6) is -0.530. The van der Waals surface area contributed by atoms with Crippen molar-refractivity contribution in [3.05, 3.63) is 59.2 Å². The zero-order valence-corrected chi connectivity index (χ0v) is 15.8. The van der Waals surface area contributed by atoms with E-state index in [-0.39, 0.29) is 36.7 Å². The second-order valence-electron chi connectivity index (χ2n) is 6.65. The van der Waals surface area contributed by atoms with Gasteiger partial charge in [-0.15, -0.1) is 0 Å². The largest absolute Gasteiger partial charge is 0.496 e. The molecule has 150 valence electrons. The second kappa shape index (κ2) is 9.50. The maximum Gasteiger partial charge on any atom is 0.237 e. The Balaban J connectivity index is 1.60. The lowest BCUT2D eigenvalue weighted by Crippen LogP contribution is -2.40. The van der Waals surface area contributed by atoms with Crippen molar-refractivity contribution in [2.24, 2.45) is 0 Å². The number of hydrogen-bond donors (Lipinski definition) is 2. The van der Waals surface area contributed by atoms with Crippen LogP contribution in [0.15, 0.2) is 36.4 Å². The van der Waals surface area contributed by atoms with Gasteiger partial charge >= 0.3 is 0 Å². The third-order valence-corrected chi connectivity index (χ3v) is 4.75. The Labute approximate surface area is 163 Å². The van der Waals surface area contributed by atoms with E-state index < -0.39 is 5.82 Å². The second-order valence-corrected chi connectivity index (χ2v) is 6.65. The molecule has 0 bridgehead atoms. The van der Waals surface area contributed by atoms with Crippen LogP contribution < -0.4 is 20.1 Å². The van der Waals surface area contributed by atoms with E-state index in [1.54, 1.807) is 18.2 Å². The molecule has 0 radical (unpaired) electrons. The van der Waals surface area contributed by atoms with Gasteiger partial charge in [0.05, 0.1) is 19.8 Å². The van der Waals surface area contributed by atoms with Crippen LogP contribution in [-0.4, -0.2) is 32.2 Å². The molecule has 1 saturated heterocycles. The third-order valence-electron chi connectivity index (χ3n) is 4.75. The lowest BCUT2D eigenvalue weighted by molar-refractivity contribution is -0.122. The Morgan fingerprint density at radius 1 is 1.18 bits per heavy atom. The van der Waals surface area contributed by atoms with Crippen LogP contribution >= 0.6 is 0 Å². The highest BCUT2D eigenvalue weighted by Crippen LogP contribution is 2.28. The number of hydrogen-bond acceptors (Lipinski definition) is 4. The Hall–Kier alpha value is -2.67. The van der Waals surface area contributed by atoms with E-state index in [2.05, 4.69) is 10.6 Å². The lowest BCUT2D eigenvalue weighted by atomic mass is 10.1. The molecule has 2 aromatic carbocycles. The van der Waals surface area contributed by atoms with Crippen molar-refractivity contribution >= 4 is 5.91 Å². The minimum absolute atomic E-state index is 0.0284. The fourth-order valence-corrected chi connectivity index (χ4v) is 3.20. The summed E-state index contributed by atoms with van der Waals surface area (Å²) in [7, 11) is 1.47. The Morgan fingerprint density at radius 3 is 2.71 bits per heavy atom. The molecular weight excluding hydrogens is 366 g/mol. The van der Waals surface area contributed by atoms with Crippen LogP contribution in [0, 0.1) is 11.6 Å². The number of carbonyl (C=O) groups is 1. The Morgan fingerprint density at radius 2 is 2.00 bits per heavy atom. The van der Waals surface area contributed by atoms with E-state index in [9.17, 15) is 13.6 Å². The SMILES string of the molecule is COc1cc(OCCc2ccccc2F)c(F)cc1CNC(=O)[C@@H]1CCCN1. The van der Waals surface area contributed by atoms with Gasteiger partial charge in [0.2, 0.25) is 5.91 Å². The van der Waals surface area contributed by atoms with Crippen molar-refractivity contribution in [1.29, 1.82) is 0 Å². The van der Waals surface area contributed by atoms with Crippen molar-refractivity contribution in [3.63, 3.8) is 0 Å². The Kier molecular flexibility index (Phi) is 6.81. The maximum atomic E-state index is 14.4. The van der Waals surface area contributed by atoms with Crippen molar-refractivity contribution in [2.45, 2.75) is 31.8 Å². The average Bonchev–Trinajstić information content (AvgIpc) is 3.24. The number of benzene rings is 2. The van der Waals surface area contributed by atoms with Crippen molar-refractivity contribution in [1.82, 2.24) is 10.6 Å². The van der Waals surface area contributed by atoms with Crippen LogP contribution in [0.4, 0.5) is 8.78 Å². The van der Waals surface area contributed by atoms with E-state index in [4.69, 9.17) is 9.47 Å². The van der Waals surface area contributed by atoms with Gasteiger partial charge in [-0.1, -0.05) is 18.2 Å². The van der Waals surface area contributed by atoms with Crippen LogP contribution in [0.2, 0.25) is 0 Å². The van der Waals surface area contributed by atoms with E-state index in [0.717, 1.165) is 19.4 Å². The first-order valence-electron chi connectivity index (χ1n) is 9.32. The summed E-state index contributed by atoms with van der Waals surface area (Å²) in [6, 6.07) is 8.95. The molecule has 0 saturated carbocycles. The van der Waals surface area contributed by atoms with Gasteiger partial charge in [0, 0.05) is 24.6 Å². The molecular formula is C21H24F2N2O3. The minimum atomic E-state index is -0.558. The molecule has 1 heterocycles. The first-order valence-corrected chi connectivity index (χ1v) is 9.32. The van der Waals surface area contributed by atoms with Crippen molar-refractivity contribution < 1.29 is 23.0 Å².